The summed E-state index contributed by atoms with van der Waals surface area (Å²) in [5, 5.41) is 3.63. The van der Waals surface area contributed by atoms with Crippen molar-refractivity contribution in [3.8, 4) is 0 Å². The van der Waals surface area contributed by atoms with Crippen LogP contribution in [0.3, 0.4) is 0 Å². The van der Waals surface area contributed by atoms with E-state index in [-0.39, 0.29) is 5.78 Å². The second-order valence-corrected chi connectivity index (χ2v) is 2.78. The van der Waals surface area contributed by atoms with E-state index in [2.05, 4.69) is 9.99 Å². The van der Waals surface area contributed by atoms with Gasteiger partial charge < -0.3 is 4.84 Å². The minimum atomic E-state index is -0.417. The number of rotatable bonds is 1. The van der Waals surface area contributed by atoms with Crippen LogP contribution < -0.4 is 0 Å². The molecule has 0 bridgehead atoms. The van der Waals surface area contributed by atoms with Crippen LogP contribution in [0.1, 0.15) is 32.6 Å². The molecule has 0 unspecified atom stereocenters. The maximum absolute atomic E-state index is 10.8. The summed E-state index contributed by atoms with van der Waals surface area (Å²) >= 11 is 0. The summed E-state index contributed by atoms with van der Waals surface area (Å²) in [6.07, 6.45) is 2.32. The van der Waals surface area contributed by atoms with Crippen LogP contribution >= 0.6 is 0 Å². The molecule has 1 aliphatic rings. The van der Waals surface area contributed by atoms with Gasteiger partial charge in [0, 0.05) is 19.8 Å². The second kappa shape index (κ2) is 3.99. The molecule has 12 heavy (non-hydrogen) atoms. The Kier molecular flexibility index (Phi) is 2.96. The van der Waals surface area contributed by atoms with E-state index in [1.807, 2.05) is 0 Å². The quantitative estimate of drug-likeness (QED) is 0.435. The normalized spacial score (nSPS) is 17.4. The van der Waals surface area contributed by atoms with E-state index < -0.39 is 5.97 Å². The number of hydrogen-bond acceptors (Lipinski definition) is 4. The van der Waals surface area contributed by atoms with Gasteiger partial charge >= 0.3 is 5.97 Å². The molecule has 1 rings (SSSR count). The van der Waals surface area contributed by atoms with Crippen molar-refractivity contribution >= 4 is 17.5 Å². The molecule has 0 amide bonds. The maximum Gasteiger partial charge on any atom is 0.331 e. The first-order valence-corrected chi connectivity index (χ1v) is 3.93. The van der Waals surface area contributed by atoms with Gasteiger partial charge in [0.25, 0.3) is 0 Å². The van der Waals surface area contributed by atoms with E-state index in [4.69, 9.17) is 0 Å². The number of ketones is 1. The fourth-order valence-electron chi connectivity index (χ4n) is 1.04. The molecule has 0 saturated heterocycles. The molecular formula is C8H11NO3. The minimum absolute atomic E-state index is 0.261. The summed E-state index contributed by atoms with van der Waals surface area (Å²) < 4.78 is 0. The zero-order valence-corrected chi connectivity index (χ0v) is 7.00. The van der Waals surface area contributed by atoms with E-state index in [1.165, 1.54) is 6.92 Å². The molecule has 4 nitrogen and oxygen atoms in total. The number of nitrogens with zero attached hydrogens (tertiary/aromatic N) is 1. The highest BCUT2D eigenvalue weighted by Gasteiger charge is 2.14. The Morgan fingerprint density at radius 2 is 1.92 bits per heavy atom. The average Bonchev–Trinajstić information content (AvgIpc) is 2.03. The van der Waals surface area contributed by atoms with E-state index in [1.54, 1.807) is 0 Å². The molecule has 1 saturated carbocycles. The number of oxime groups is 1. The topological polar surface area (TPSA) is 55.7 Å². The van der Waals surface area contributed by atoms with Gasteiger partial charge in [-0.25, -0.2) is 4.79 Å². The Morgan fingerprint density at radius 3 is 2.42 bits per heavy atom. The monoisotopic (exact) mass is 169 g/mol. The van der Waals surface area contributed by atoms with Crippen molar-refractivity contribution in [1.82, 2.24) is 0 Å². The summed E-state index contributed by atoms with van der Waals surface area (Å²) in [5.41, 5.74) is 0.810. The maximum atomic E-state index is 10.8. The van der Waals surface area contributed by atoms with Crippen molar-refractivity contribution in [3.05, 3.63) is 0 Å². The predicted molar refractivity (Wildman–Crippen MR) is 42.7 cm³/mol. The number of carbonyl (C=O) groups excluding carboxylic acids is 2. The van der Waals surface area contributed by atoms with Crippen LogP contribution in [0.2, 0.25) is 0 Å². The molecule has 66 valence electrons. The summed E-state index contributed by atoms with van der Waals surface area (Å²) in [6, 6.07) is 0. The lowest BCUT2D eigenvalue weighted by Crippen LogP contribution is -2.13. The van der Waals surface area contributed by atoms with Crippen LogP contribution in [0.5, 0.6) is 0 Å². The van der Waals surface area contributed by atoms with Gasteiger partial charge in [-0.05, 0) is 12.8 Å². The lowest BCUT2D eigenvalue weighted by molar-refractivity contribution is -0.140. The van der Waals surface area contributed by atoms with Crippen molar-refractivity contribution in [2.24, 2.45) is 5.16 Å². The smallest absolute Gasteiger partial charge is 0.319 e. The minimum Gasteiger partial charge on any atom is -0.319 e. The second-order valence-electron chi connectivity index (χ2n) is 2.78. The van der Waals surface area contributed by atoms with Gasteiger partial charge in [-0.2, -0.15) is 0 Å². The molecule has 0 aliphatic heterocycles. The Bertz CT molecular complexity index is 220. The van der Waals surface area contributed by atoms with Crippen LogP contribution in [0, 0.1) is 0 Å². The average molecular weight is 169 g/mol. The first-order chi connectivity index (χ1) is 5.68. The fraction of sp³-hybridized carbons (Fsp3) is 0.625. The Labute approximate surface area is 70.6 Å². The lowest BCUT2D eigenvalue weighted by atomic mass is 9.98. The van der Waals surface area contributed by atoms with Crippen molar-refractivity contribution < 1.29 is 14.4 Å². The van der Waals surface area contributed by atoms with E-state index in [9.17, 15) is 9.59 Å². The van der Waals surface area contributed by atoms with Gasteiger partial charge in [0.05, 0.1) is 5.71 Å². The van der Waals surface area contributed by atoms with Crippen LogP contribution in [0.4, 0.5) is 0 Å². The Hall–Kier alpha value is -1.19. The summed E-state index contributed by atoms with van der Waals surface area (Å²) in [7, 11) is 0. The molecule has 0 radical (unpaired) electrons. The van der Waals surface area contributed by atoms with Crippen molar-refractivity contribution in [2.75, 3.05) is 0 Å². The zero-order chi connectivity index (χ0) is 8.97. The van der Waals surface area contributed by atoms with Gasteiger partial charge in [0.15, 0.2) is 0 Å². The highest BCUT2D eigenvalue weighted by atomic mass is 16.7. The predicted octanol–water partition coefficient (Wildman–Crippen LogP) is 1.05. The SMILES string of the molecule is CC(=O)ON=C1CCC(=O)CC1. The third kappa shape index (κ3) is 2.82. The molecule has 0 aromatic rings. The summed E-state index contributed by atoms with van der Waals surface area (Å²) in [4.78, 5) is 25.6. The van der Waals surface area contributed by atoms with Gasteiger partial charge in [0.1, 0.15) is 5.78 Å². The van der Waals surface area contributed by atoms with Crippen LogP contribution in [-0.4, -0.2) is 17.5 Å². The molecule has 4 heteroatoms. The van der Waals surface area contributed by atoms with Crippen molar-refractivity contribution in [2.45, 2.75) is 32.6 Å². The largest absolute Gasteiger partial charge is 0.331 e. The van der Waals surface area contributed by atoms with E-state index >= 15 is 0 Å². The molecule has 1 aliphatic carbocycles. The first-order valence-electron chi connectivity index (χ1n) is 3.93. The van der Waals surface area contributed by atoms with Crippen LogP contribution in [0.25, 0.3) is 0 Å². The van der Waals surface area contributed by atoms with Crippen LogP contribution in [0.15, 0.2) is 5.16 Å². The first kappa shape index (κ1) is 8.90. The third-order valence-electron chi connectivity index (χ3n) is 1.69. The molecule has 1 fully saturated rings. The zero-order valence-electron chi connectivity index (χ0n) is 7.00. The fourth-order valence-corrected chi connectivity index (χ4v) is 1.04. The Balaban J connectivity index is 2.38. The Morgan fingerprint density at radius 1 is 1.33 bits per heavy atom. The third-order valence-corrected chi connectivity index (χ3v) is 1.69. The molecule has 0 heterocycles. The van der Waals surface area contributed by atoms with Gasteiger partial charge in [0.2, 0.25) is 0 Å². The molecule has 0 spiro atoms. The van der Waals surface area contributed by atoms with E-state index in [0.29, 0.717) is 25.7 Å². The number of carbonyl (C=O) groups is 2. The molecule has 0 atom stereocenters. The highest BCUT2D eigenvalue weighted by Crippen LogP contribution is 2.11. The van der Waals surface area contributed by atoms with Crippen LogP contribution in [-0.2, 0) is 14.4 Å². The molecular weight excluding hydrogens is 158 g/mol. The van der Waals surface area contributed by atoms with Gasteiger partial charge in [-0.15, -0.1) is 0 Å². The summed E-state index contributed by atoms with van der Waals surface area (Å²) in [6.45, 7) is 1.30. The standard InChI is InChI=1S/C8H11NO3/c1-6(10)12-9-7-2-4-8(11)5-3-7/h2-5H2,1H3. The van der Waals surface area contributed by atoms with Gasteiger partial charge in [-0.1, -0.05) is 5.16 Å². The van der Waals surface area contributed by atoms with Crippen molar-refractivity contribution in [3.63, 3.8) is 0 Å². The van der Waals surface area contributed by atoms with Gasteiger partial charge in [-0.3, -0.25) is 4.79 Å². The summed E-state index contributed by atoms with van der Waals surface area (Å²) in [5.74, 6) is -0.156. The molecule has 0 N–H and O–H groups in total. The number of hydrogen-bond donors (Lipinski definition) is 0. The van der Waals surface area contributed by atoms with Crippen molar-refractivity contribution in [1.29, 1.82) is 0 Å². The number of Topliss-reactive ketones (excluding diaryl/α,β-unsaturated/α-hetero) is 1. The molecule has 0 aromatic carbocycles. The van der Waals surface area contributed by atoms with E-state index in [0.717, 1.165) is 5.71 Å². The molecule has 0 aromatic heterocycles. The highest BCUT2D eigenvalue weighted by molar-refractivity contribution is 5.95. The lowest BCUT2D eigenvalue weighted by Gasteiger charge is -2.09.